The zero-order valence-corrected chi connectivity index (χ0v) is 10.7. The van der Waals surface area contributed by atoms with Crippen LogP contribution in [0.4, 0.5) is 0 Å². The van der Waals surface area contributed by atoms with E-state index in [-0.39, 0.29) is 5.56 Å². The van der Waals surface area contributed by atoms with Crippen LogP contribution < -0.4 is 5.56 Å². The summed E-state index contributed by atoms with van der Waals surface area (Å²) in [7, 11) is 0. The molecule has 0 spiro atoms. The molecule has 0 N–H and O–H groups in total. The van der Waals surface area contributed by atoms with Crippen LogP contribution in [-0.2, 0) is 6.54 Å². The Morgan fingerprint density at radius 3 is 2.84 bits per heavy atom. The van der Waals surface area contributed by atoms with Gasteiger partial charge < -0.3 is 0 Å². The fourth-order valence-corrected chi connectivity index (χ4v) is 2.16. The summed E-state index contributed by atoms with van der Waals surface area (Å²) in [6.07, 6.45) is 2.96. The normalized spacial score (nSPS) is 10.8. The average Bonchev–Trinajstić information content (AvgIpc) is 2.42. The summed E-state index contributed by atoms with van der Waals surface area (Å²) in [5.74, 6) is 0. The second-order valence-corrected chi connectivity index (χ2v) is 4.57. The van der Waals surface area contributed by atoms with Gasteiger partial charge in [-0.25, -0.2) is 4.98 Å². The summed E-state index contributed by atoms with van der Waals surface area (Å²) in [5, 5.41) is 0.608. The molecule has 0 aliphatic heterocycles. The van der Waals surface area contributed by atoms with E-state index < -0.39 is 0 Å². The fourth-order valence-electron chi connectivity index (χ4n) is 1.98. The number of hydrogen-bond acceptors (Lipinski definition) is 3. The summed E-state index contributed by atoms with van der Waals surface area (Å²) in [5.41, 5.74) is 2.16. The molecule has 4 nitrogen and oxygen atoms in total. The minimum atomic E-state index is -0.152. The van der Waals surface area contributed by atoms with Gasteiger partial charge in [0.1, 0.15) is 0 Å². The van der Waals surface area contributed by atoms with Crippen LogP contribution in [0.15, 0.2) is 53.6 Å². The van der Waals surface area contributed by atoms with Gasteiger partial charge in [0.15, 0.2) is 0 Å². The molecule has 2 aromatic heterocycles. The van der Waals surface area contributed by atoms with Gasteiger partial charge in [0.2, 0.25) is 0 Å². The first-order valence-corrected chi connectivity index (χ1v) is 6.17. The van der Waals surface area contributed by atoms with E-state index in [0.717, 1.165) is 16.7 Å². The van der Waals surface area contributed by atoms with Crippen LogP contribution in [-0.4, -0.2) is 14.5 Å². The van der Waals surface area contributed by atoms with Crippen LogP contribution in [0.5, 0.6) is 0 Å². The maximum absolute atomic E-state index is 12.0. The van der Waals surface area contributed by atoms with Crippen molar-refractivity contribution in [3.05, 3.63) is 69.9 Å². The van der Waals surface area contributed by atoms with E-state index in [4.69, 9.17) is 11.6 Å². The van der Waals surface area contributed by atoms with Crippen LogP contribution in [0.25, 0.3) is 11.0 Å². The van der Waals surface area contributed by atoms with Gasteiger partial charge in [0, 0.05) is 11.2 Å². The third kappa shape index (κ3) is 2.35. The van der Waals surface area contributed by atoms with Gasteiger partial charge >= 0.3 is 0 Å². The van der Waals surface area contributed by atoms with Crippen molar-refractivity contribution in [2.75, 3.05) is 0 Å². The quantitative estimate of drug-likeness (QED) is 0.719. The Balaban J connectivity index is 2.14. The minimum Gasteiger partial charge on any atom is -0.299 e. The lowest BCUT2D eigenvalue weighted by molar-refractivity contribution is 0.765. The number of halogens is 1. The summed E-state index contributed by atoms with van der Waals surface area (Å²) >= 11 is 5.93. The Labute approximate surface area is 114 Å². The molecule has 3 aromatic rings. The third-order valence-corrected chi connectivity index (χ3v) is 3.09. The van der Waals surface area contributed by atoms with Crippen LogP contribution in [0.2, 0.25) is 5.02 Å². The van der Waals surface area contributed by atoms with Crippen molar-refractivity contribution >= 4 is 22.6 Å². The van der Waals surface area contributed by atoms with E-state index in [1.165, 1.54) is 6.20 Å². The molecule has 0 atom stereocenters. The number of rotatable bonds is 2. The highest BCUT2D eigenvalue weighted by Crippen LogP contribution is 2.12. The van der Waals surface area contributed by atoms with Gasteiger partial charge in [0.05, 0.1) is 29.5 Å². The summed E-state index contributed by atoms with van der Waals surface area (Å²) in [6, 6.07) is 11.0. The molecule has 5 heteroatoms. The molecule has 0 saturated heterocycles. The van der Waals surface area contributed by atoms with E-state index in [1.807, 2.05) is 24.3 Å². The fraction of sp³-hybridized carbons (Fsp3) is 0.0714. The second-order valence-electron chi connectivity index (χ2n) is 4.14. The highest BCUT2D eigenvalue weighted by molar-refractivity contribution is 6.30. The first-order chi connectivity index (χ1) is 9.24. The molecule has 94 valence electrons. The highest BCUT2D eigenvalue weighted by atomic mass is 35.5. The first-order valence-electron chi connectivity index (χ1n) is 5.79. The van der Waals surface area contributed by atoms with E-state index in [9.17, 15) is 4.79 Å². The molecule has 0 saturated carbocycles. The average molecular weight is 272 g/mol. The van der Waals surface area contributed by atoms with Gasteiger partial charge in [0.25, 0.3) is 5.56 Å². The molecule has 0 aliphatic carbocycles. The zero-order chi connectivity index (χ0) is 13.2. The van der Waals surface area contributed by atoms with E-state index in [2.05, 4.69) is 9.97 Å². The highest BCUT2D eigenvalue weighted by Gasteiger charge is 2.05. The van der Waals surface area contributed by atoms with Crippen molar-refractivity contribution in [3.63, 3.8) is 0 Å². The first kappa shape index (κ1) is 11.9. The van der Waals surface area contributed by atoms with Gasteiger partial charge in [-0.05, 0) is 24.3 Å². The Morgan fingerprint density at radius 2 is 2.00 bits per heavy atom. The summed E-state index contributed by atoms with van der Waals surface area (Å²) in [6.45, 7) is 0.377. The third-order valence-electron chi connectivity index (χ3n) is 2.85. The van der Waals surface area contributed by atoms with E-state index in [0.29, 0.717) is 11.6 Å². The Bertz CT molecular complexity index is 798. The number of nitrogens with zero attached hydrogens (tertiary/aromatic N) is 3. The number of hydrogen-bond donors (Lipinski definition) is 0. The summed E-state index contributed by atoms with van der Waals surface area (Å²) < 4.78 is 1.64. The molecule has 0 unspecified atom stereocenters. The van der Waals surface area contributed by atoms with Gasteiger partial charge in [-0.15, -0.1) is 0 Å². The SMILES string of the molecule is O=c1cnc2ccccc2n1Cc1cc(Cl)ccn1. The molecule has 0 bridgehead atoms. The second kappa shape index (κ2) is 4.82. The molecule has 3 rings (SSSR count). The molecule has 0 amide bonds. The van der Waals surface area contributed by atoms with Gasteiger partial charge in [-0.2, -0.15) is 0 Å². The van der Waals surface area contributed by atoms with Crippen LogP contribution >= 0.6 is 11.6 Å². The molecule has 19 heavy (non-hydrogen) atoms. The standard InChI is InChI=1S/C14H10ClN3O/c15-10-5-6-16-11(7-10)9-18-13-4-2-1-3-12(13)17-8-14(18)19/h1-8H,9H2. The van der Waals surface area contributed by atoms with Crippen LogP contribution in [0.1, 0.15) is 5.69 Å². The lowest BCUT2D eigenvalue weighted by atomic mass is 10.3. The molecule has 2 heterocycles. The van der Waals surface area contributed by atoms with Crippen molar-refractivity contribution in [2.45, 2.75) is 6.54 Å². The van der Waals surface area contributed by atoms with Crippen molar-refractivity contribution in [3.8, 4) is 0 Å². The molecule has 0 fully saturated rings. The molecule has 1 aromatic carbocycles. The Morgan fingerprint density at radius 1 is 1.16 bits per heavy atom. The van der Waals surface area contributed by atoms with Crippen molar-refractivity contribution in [1.82, 2.24) is 14.5 Å². The topological polar surface area (TPSA) is 47.8 Å². The number of fused-ring (bicyclic) bond motifs is 1. The molecular formula is C14H10ClN3O. The maximum atomic E-state index is 12.0. The van der Waals surface area contributed by atoms with Crippen molar-refractivity contribution < 1.29 is 0 Å². The van der Waals surface area contributed by atoms with E-state index in [1.54, 1.807) is 22.9 Å². The lowest BCUT2D eigenvalue weighted by Gasteiger charge is -2.08. The monoisotopic (exact) mass is 271 g/mol. The van der Waals surface area contributed by atoms with Crippen LogP contribution in [0, 0.1) is 0 Å². The predicted octanol–water partition coefficient (Wildman–Crippen LogP) is 2.49. The maximum Gasteiger partial charge on any atom is 0.269 e. The smallest absolute Gasteiger partial charge is 0.269 e. The predicted molar refractivity (Wildman–Crippen MR) is 74.4 cm³/mol. The lowest BCUT2D eigenvalue weighted by Crippen LogP contribution is -2.21. The van der Waals surface area contributed by atoms with E-state index >= 15 is 0 Å². The largest absolute Gasteiger partial charge is 0.299 e. The molecule has 0 radical (unpaired) electrons. The number of para-hydroxylation sites is 2. The Hall–Kier alpha value is -2.20. The van der Waals surface area contributed by atoms with Crippen molar-refractivity contribution in [2.24, 2.45) is 0 Å². The van der Waals surface area contributed by atoms with Crippen LogP contribution in [0.3, 0.4) is 0 Å². The number of benzene rings is 1. The van der Waals surface area contributed by atoms with Crippen molar-refractivity contribution in [1.29, 1.82) is 0 Å². The molecular weight excluding hydrogens is 262 g/mol. The Kier molecular flexibility index (Phi) is 3.01. The number of pyridine rings is 1. The minimum absolute atomic E-state index is 0.152. The zero-order valence-electron chi connectivity index (χ0n) is 9.95. The number of aromatic nitrogens is 3. The van der Waals surface area contributed by atoms with Gasteiger partial charge in [-0.1, -0.05) is 23.7 Å². The summed E-state index contributed by atoms with van der Waals surface area (Å²) in [4.78, 5) is 20.3. The molecule has 0 aliphatic rings. The van der Waals surface area contributed by atoms with Gasteiger partial charge in [-0.3, -0.25) is 14.3 Å².